The van der Waals surface area contributed by atoms with Crippen LogP contribution in [-0.4, -0.2) is 11.7 Å². The number of primary amides is 1. The number of hydrazone groups is 1. The fourth-order valence-electron chi connectivity index (χ4n) is 2.01. The van der Waals surface area contributed by atoms with Gasteiger partial charge in [0, 0.05) is 0 Å². The Kier molecular flexibility index (Phi) is 5.02. The molecule has 1 aliphatic carbocycles. The van der Waals surface area contributed by atoms with Crippen molar-refractivity contribution in [2.24, 2.45) is 10.8 Å². The highest BCUT2D eigenvalue weighted by Crippen LogP contribution is 2.27. The predicted octanol–water partition coefficient (Wildman–Crippen LogP) is 2.70. The van der Waals surface area contributed by atoms with Gasteiger partial charge in [-0.25, -0.2) is 10.2 Å². The van der Waals surface area contributed by atoms with E-state index in [4.69, 9.17) is 5.73 Å². The molecule has 0 aromatic rings. The van der Waals surface area contributed by atoms with Crippen LogP contribution in [0.2, 0.25) is 0 Å². The molecule has 2 amide bonds. The van der Waals surface area contributed by atoms with Crippen LogP contribution < -0.4 is 11.2 Å². The van der Waals surface area contributed by atoms with Crippen LogP contribution in [-0.2, 0) is 0 Å². The number of amides is 2. The van der Waals surface area contributed by atoms with Crippen molar-refractivity contribution < 1.29 is 4.79 Å². The van der Waals surface area contributed by atoms with Crippen LogP contribution in [0.3, 0.4) is 0 Å². The van der Waals surface area contributed by atoms with Crippen LogP contribution in [0.5, 0.6) is 0 Å². The Morgan fingerprint density at radius 2 is 2.19 bits per heavy atom. The standard InChI is InChI=1S/C12H21N3O/c1-3-4-5-6-10-9(2)7-8-11(10)14-15-12(13)16/h3-8H2,1-2H3,(H3,13,15,16)/b14-11-. The summed E-state index contributed by atoms with van der Waals surface area (Å²) in [7, 11) is 0. The average Bonchev–Trinajstić information content (AvgIpc) is 2.58. The lowest BCUT2D eigenvalue weighted by molar-refractivity contribution is 0.249. The van der Waals surface area contributed by atoms with E-state index in [2.05, 4.69) is 24.4 Å². The molecule has 4 heteroatoms. The number of hydrogen-bond acceptors (Lipinski definition) is 2. The van der Waals surface area contributed by atoms with Crippen molar-refractivity contribution in [2.45, 2.75) is 52.4 Å². The number of carbonyl (C=O) groups excluding carboxylic acids is 1. The second kappa shape index (κ2) is 6.30. The molecule has 1 rings (SSSR count). The molecule has 0 atom stereocenters. The third kappa shape index (κ3) is 3.68. The van der Waals surface area contributed by atoms with Crippen LogP contribution in [0.1, 0.15) is 52.4 Å². The van der Waals surface area contributed by atoms with Crippen molar-refractivity contribution >= 4 is 11.7 Å². The maximum Gasteiger partial charge on any atom is 0.332 e. The van der Waals surface area contributed by atoms with E-state index in [0.29, 0.717) is 0 Å². The lowest BCUT2D eigenvalue weighted by Crippen LogP contribution is -2.25. The average molecular weight is 223 g/mol. The van der Waals surface area contributed by atoms with Gasteiger partial charge in [-0.05, 0) is 38.2 Å². The first-order chi connectivity index (χ1) is 7.65. The van der Waals surface area contributed by atoms with Crippen molar-refractivity contribution in [2.75, 3.05) is 0 Å². The molecule has 90 valence electrons. The van der Waals surface area contributed by atoms with E-state index >= 15 is 0 Å². The van der Waals surface area contributed by atoms with Gasteiger partial charge in [0.2, 0.25) is 0 Å². The highest BCUT2D eigenvalue weighted by molar-refractivity contribution is 6.03. The van der Waals surface area contributed by atoms with Gasteiger partial charge in [-0.1, -0.05) is 25.3 Å². The first-order valence-electron chi connectivity index (χ1n) is 5.96. The third-order valence-electron chi connectivity index (χ3n) is 2.93. The van der Waals surface area contributed by atoms with E-state index < -0.39 is 6.03 Å². The summed E-state index contributed by atoms with van der Waals surface area (Å²) in [6.45, 7) is 4.34. The summed E-state index contributed by atoms with van der Waals surface area (Å²) in [6.07, 6.45) is 6.71. The molecular weight excluding hydrogens is 202 g/mol. The Morgan fingerprint density at radius 1 is 1.44 bits per heavy atom. The molecule has 0 aliphatic heterocycles. The molecular formula is C12H21N3O. The Bertz CT molecular complexity index is 318. The van der Waals surface area contributed by atoms with Gasteiger partial charge < -0.3 is 5.73 Å². The first-order valence-corrected chi connectivity index (χ1v) is 5.96. The minimum Gasteiger partial charge on any atom is -0.350 e. The van der Waals surface area contributed by atoms with Crippen LogP contribution in [0.4, 0.5) is 4.79 Å². The lowest BCUT2D eigenvalue weighted by atomic mass is 10.0. The maximum atomic E-state index is 10.6. The van der Waals surface area contributed by atoms with E-state index in [-0.39, 0.29) is 0 Å². The molecule has 0 radical (unpaired) electrons. The van der Waals surface area contributed by atoms with Gasteiger partial charge in [-0.15, -0.1) is 0 Å². The highest BCUT2D eigenvalue weighted by Gasteiger charge is 2.17. The molecule has 0 bridgehead atoms. The summed E-state index contributed by atoms with van der Waals surface area (Å²) in [6, 6.07) is -0.593. The fraction of sp³-hybridized carbons (Fsp3) is 0.667. The van der Waals surface area contributed by atoms with E-state index in [1.165, 1.54) is 30.4 Å². The largest absolute Gasteiger partial charge is 0.350 e. The zero-order chi connectivity index (χ0) is 12.0. The van der Waals surface area contributed by atoms with Crippen LogP contribution in [0.15, 0.2) is 16.2 Å². The molecule has 0 fully saturated rings. The monoisotopic (exact) mass is 223 g/mol. The summed E-state index contributed by atoms with van der Waals surface area (Å²) >= 11 is 0. The van der Waals surface area contributed by atoms with Crippen molar-refractivity contribution in [1.29, 1.82) is 0 Å². The van der Waals surface area contributed by atoms with Crippen LogP contribution >= 0.6 is 0 Å². The zero-order valence-electron chi connectivity index (χ0n) is 10.2. The molecule has 0 aromatic carbocycles. The number of rotatable bonds is 5. The Morgan fingerprint density at radius 3 is 2.81 bits per heavy atom. The second-order valence-electron chi connectivity index (χ2n) is 4.25. The van der Waals surface area contributed by atoms with Gasteiger partial charge >= 0.3 is 6.03 Å². The summed E-state index contributed by atoms with van der Waals surface area (Å²) in [5.74, 6) is 0. The highest BCUT2D eigenvalue weighted by atomic mass is 16.2. The Labute approximate surface area is 97.0 Å². The zero-order valence-corrected chi connectivity index (χ0v) is 10.2. The minimum atomic E-state index is -0.593. The second-order valence-corrected chi connectivity index (χ2v) is 4.25. The van der Waals surface area contributed by atoms with E-state index in [1.807, 2.05) is 0 Å². The normalized spacial score (nSPS) is 18.2. The Balaban J connectivity index is 2.58. The van der Waals surface area contributed by atoms with Gasteiger partial charge in [-0.2, -0.15) is 5.10 Å². The number of nitrogens with zero attached hydrogens (tertiary/aromatic N) is 1. The SMILES string of the molecule is CCCCCC1=C(C)CC/C1=N/NC(N)=O. The molecule has 4 nitrogen and oxygen atoms in total. The summed E-state index contributed by atoms with van der Waals surface area (Å²) in [4.78, 5) is 10.6. The first kappa shape index (κ1) is 12.7. The number of nitrogens with two attached hydrogens (primary N) is 1. The molecule has 0 heterocycles. The number of hydrogen-bond donors (Lipinski definition) is 2. The van der Waals surface area contributed by atoms with Gasteiger partial charge in [0.05, 0.1) is 5.71 Å². The van der Waals surface area contributed by atoms with Gasteiger partial charge in [0.15, 0.2) is 0 Å². The maximum absolute atomic E-state index is 10.6. The molecule has 0 saturated carbocycles. The molecule has 0 aromatic heterocycles. The van der Waals surface area contributed by atoms with Crippen molar-refractivity contribution in [3.8, 4) is 0 Å². The fourth-order valence-corrected chi connectivity index (χ4v) is 2.01. The third-order valence-corrected chi connectivity index (χ3v) is 2.93. The minimum absolute atomic E-state index is 0.593. The van der Waals surface area contributed by atoms with E-state index in [1.54, 1.807) is 0 Å². The van der Waals surface area contributed by atoms with E-state index in [9.17, 15) is 4.79 Å². The van der Waals surface area contributed by atoms with Crippen molar-refractivity contribution in [3.05, 3.63) is 11.1 Å². The summed E-state index contributed by atoms with van der Waals surface area (Å²) in [5.41, 5.74) is 11.1. The summed E-state index contributed by atoms with van der Waals surface area (Å²) < 4.78 is 0. The molecule has 0 saturated heterocycles. The molecule has 3 N–H and O–H groups in total. The van der Waals surface area contributed by atoms with Crippen molar-refractivity contribution in [1.82, 2.24) is 5.43 Å². The lowest BCUT2D eigenvalue weighted by Gasteiger charge is -2.05. The topological polar surface area (TPSA) is 67.5 Å². The van der Waals surface area contributed by atoms with Crippen LogP contribution in [0, 0.1) is 0 Å². The number of nitrogens with one attached hydrogen (secondary N) is 1. The quantitative estimate of drug-likeness (QED) is 0.546. The number of urea groups is 1. The number of unbranched alkanes of at least 4 members (excludes halogenated alkanes) is 2. The molecule has 0 unspecified atom stereocenters. The van der Waals surface area contributed by atoms with Gasteiger partial charge in [0.25, 0.3) is 0 Å². The van der Waals surface area contributed by atoms with E-state index in [0.717, 1.165) is 25.0 Å². The molecule has 16 heavy (non-hydrogen) atoms. The molecule has 1 aliphatic rings. The van der Waals surface area contributed by atoms with Crippen LogP contribution in [0.25, 0.3) is 0 Å². The molecule has 0 spiro atoms. The predicted molar refractivity (Wildman–Crippen MR) is 66.2 cm³/mol. The number of allylic oxidation sites excluding steroid dienone is 2. The summed E-state index contributed by atoms with van der Waals surface area (Å²) in [5, 5.41) is 4.07. The van der Waals surface area contributed by atoms with Gasteiger partial charge in [0.1, 0.15) is 0 Å². The number of carbonyl (C=O) groups is 1. The smallest absolute Gasteiger partial charge is 0.332 e. The van der Waals surface area contributed by atoms with Gasteiger partial charge in [-0.3, -0.25) is 0 Å². The van der Waals surface area contributed by atoms with Crippen molar-refractivity contribution in [3.63, 3.8) is 0 Å². The Hall–Kier alpha value is -1.32.